The van der Waals surface area contributed by atoms with Crippen molar-refractivity contribution in [2.45, 2.75) is 25.7 Å². The van der Waals surface area contributed by atoms with Gasteiger partial charge in [0.1, 0.15) is 0 Å². The first-order valence-electron chi connectivity index (χ1n) is 6.78. The topological polar surface area (TPSA) is 94.7 Å². The van der Waals surface area contributed by atoms with Crippen LogP contribution in [0.5, 0.6) is 0 Å². The lowest BCUT2D eigenvalue weighted by molar-refractivity contribution is -0.145. The van der Waals surface area contributed by atoms with Crippen molar-refractivity contribution >= 4 is 0 Å². The zero-order valence-electron chi connectivity index (χ0n) is 11.8. The van der Waals surface area contributed by atoms with Crippen LogP contribution >= 0.6 is 0 Å². The van der Waals surface area contributed by atoms with Crippen LogP contribution in [0, 0.1) is 0 Å². The third-order valence-corrected chi connectivity index (χ3v) is 3.56. The molecular formula is C13H12F3N5O2. The van der Waals surface area contributed by atoms with Gasteiger partial charge in [0.15, 0.2) is 0 Å². The minimum atomic E-state index is -4.56. The monoisotopic (exact) mass is 327 g/mol. The van der Waals surface area contributed by atoms with Crippen LogP contribution in [-0.2, 0) is 25.7 Å². The highest BCUT2D eigenvalue weighted by Gasteiger charge is 2.35. The zero-order chi connectivity index (χ0) is 16.6. The lowest BCUT2D eigenvalue weighted by Crippen LogP contribution is -2.34. The maximum absolute atomic E-state index is 12.6. The summed E-state index contributed by atoms with van der Waals surface area (Å²) in [7, 11) is 0. The van der Waals surface area contributed by atoms with Gasteiger partial charge in [0.2, 0.25) is 5.82 Å². The summed E-state index contributed by atoms with van der Waals surface area (Å²) in [6.45, 7) is 1.07. The maximum Gasteiger partial charge on any atom is 0.451 e. The van der Waals surface area contributed by atoms with Crippen molar-refractivity contribution in [2.24, 2.45) is 0 Å². The summed E-state index contributed by atoms with van der Waals surface area (Å²) in [4.78, 5) is 36.0. The first-order chi connectivity index (χ1) is 10.8. The predicted octanol–water partition coefficient (Wildman–Crippen LogP) is 0.430. The van der Waals surface area contributed by atoms with Crippen molar-refractivity contribution in [3.63, 3.8) is 0 Å². The van der Waals surface area contributed by atoms with Crippen molar-refractivity contribution in [2.75, 3.05) is 6.54 Å². The molecule has 0 fully saturated rings. The molecule has 3 heterocycles. The average molecular weight is 327 g/mol. The highest BCUT2D eigenvalue weighted by molar-refractivity contribution is 5.21. The SMILES string of the molecule is O=c1[nH]cc(CN2CCc3nc(C(F)(F)F)ncc3C2)c(=O)[nH]1. The number of aromatic nitrogens is 4. The molecule has 0 unspecified atom stereocenters. The predicted molar refractivity (Wildman–Crippen MR) is 72.5 cm³/mol. The van der Waals surface area contributed by atoms with E-state index in [0.29, 0.717) is 36.3 Å². The molecule has 0 atom stereocenters. The molecule has 1 aliphatic heterocycles. The van der Waals surface area contributed by atoms with Crippen LogP contribution in [0.2, 0.25) is 0 Å². The molecular weight excluding hydrogens is 315 g/mol. The molecule has 23 heavy (non-hydrogen) atoms. The molecule has 2 aromatic heterocycles. The third kappa shape index (κ3) is 3.31. The van der Waals surface area contributed by atoms with Crippen LogP contribution in [-0.4, -0.2) is 31.4 Å². The fourth-order valence-corrected chi connectivity index (χ4v) is 2.44. The van der Waals surface area contributed by atoms with E-state index in [1.54, 1.807) is 0 Å². The van der Waals surface area contributed by atoms with E-state index < -0.39 is 23.2 Å². The van der Waals surface area contributed by atoms with Gasteiger partial charge >= 0.3 is 11.9 Å². The van der Waals surface area contributed by atoms with E-state index in [9.17, 15) is 22.8 Å². The van der Waals surface area contributed by atoms with Crippen LogP contribution in [0.15, 0.2) is 22.0 Å². The van der Waals surface area contributed by atoms with Gasteiger partial charge in [-0.05, 0) is 0 Å². The lowest BCUT2D eigenvalue weighted by atomic mass is 10.1. The zero-order valence-corrected chi connectivity index (χ0v) is 11.8. The molecule has 0 aromatic carbocycles. The largest absolute Gasteiger partial charge is 0.451 e. The van der Waals surface area contributed by atoms with E-state index in [4.69, 9.17) is 0 Å². The number of fused-ring (bicyclic) bond motifs is 1. The Labute approximate surface area is 127 Å². The Morgan fingerprint density at radius 1 is 1.30 bits per heavy atom. The fourth-order valence-electron chi connectivity index (χ4n) is 2.44. The summed E-state index contributed by atoms with van der Waals surface area (Å²) in [6, 6.07) is 0. The van der Waals surface area contributed by atoms with Crippen LogP contribution in [0.1, 0.15) is 22.6 Å². The Balaban J connectivity index is 1.78. The second kappa shape index (κ2) is 5.61. The van der Waals surface area contributed by atoms with Crippen LogP contribution in [0.25, 0.3) is 0 Å². The van der Waals surface area contributed by atoms with Gasteiger partial charge < -0.3 is 4.98 Å². The van der Waals surface area contributed by atoms with E-state index >= 15 is 0 Å². The molecule has 0 aliphatic carbocycles. The van der Waals surface area contributed by atoms with Gasteiger partial charge in [-0.3, -0.25) is 14.7 Å². The number of hydrogen-bond donors (Lipinski definition) is 2. The summed E-state index contributed by atoms with van der Waals surface area (Å²) < 4.78 is 37.8. The highest BCUT2D eigenvalue weighted by atomic mass is 19.4. The molecule has 7 nitrogen and oxygen atoms in total. The van der Waals surface area contributed by atoms with Gasteiger partial charge in [0.05, 0.1) is 5.69 Å². The Morgan fingerprint density at radius 3 is 2.78 bits per heavy atom. The Kier molecular flexibility index (Phi) is 3.76. The lowest BCUT2D eigenvalue weighted by Gasteiger charge is -2.27. The molecule has 1 aliphatic rings. The van der Waals surface area contributed by atoms with Crippen molar-refractivity contribution in [1.29, 1.82) is 0 Å². The third-order valence-electron chi connectivity index (χ3n) is 3.56. The van der Waals surface area contributed by atoms with Crippen LogP contribution < -0.4 is 11.2 Å². The first kappa shape index (κ1) is 15.4. The van der Waals surface area contributed by atoms with Crippen molar-refractivity contribution in [3.05, 3.63) is 55.9 Å². The van der Waals surface area contributed by atoms with E-state index in [1.807, 2.05) is 4.90 Å². The van der Waals surface area contributed by atoms with Crippen molar-refractivity contribution in [1.82, 2.24) is 24.8 Å². The minimum absolute atomic E-state index is 0.270. The second-order valence-corrected chi connectivity index (χ2v) is 5.22. The Morgan fingerprint density at radius 2 is 2.09 bits per heavy atom. The number of aromatic amines is 2. The molecule has 3 rings (SSSR count). The van der Waals surface area contributed by atoms with Gasteiger partial charge in [-0.1, -0.05) is 0 Å². The summed E-state index contributed by atoms with van der Waals surface area (Å²) in [5.74, 6) is -1.14. The highest BCUT2D eigenvalue weighted by Crippen LogP contribution is 2.27. The Bertz CT molecular complexity index is 842. The van der Waals surface area contributed by atoms with Crippen LogP contribution in [0.3, 0.4) is 0 Å². The first-order valence-corrected chi connectivity index (χ1v) is 6.78. The fraction of sp³-hybridized carbons (Fsp3) is 0.385. The summed E-state index contributed by atoms with van der Waals surface area (Å²) in [5, 5.41) is 0. The van der Waals surface area contributed by atoms with E-state index in [-0.39, 0.29) is 6.54 Å². The summed E-state index contributed by atoms with van der Waals surface area (Å²) in [5.41, 5.74) is 0.281. The molecule has 2 N–H and O–H groups in total. The van der Waals surface area contributed by atoms with E-state index in [2.05, 4.69) is 19.9 Å². The quantitative estimate of drug-likeness (QED) is 0.834. The van der Waals surface area contributed by atoms with Gasteiger partial charge in [0.25, 0.3) is 5.56 Å². The van der Waals surface area contributed by atoms with Gasteiger partial charge in [-0.2, -0.15) is 13.2 Å². The number of nitrogens with zero attached hydrogens (tertiary/aromatic N) is 3. The minimum Gasteiger partial charge on any atom is -0.314 e. The number of alkyl halides is 3. The average Bonchev–Trinajstić information content (AvgIpc) is 2.48. The molecule has 0 saturated carbocycles. The van der Waals surface area contributed by atoms with E-state index in [0.717, 1.165) is 0 Å². The molecule has 0 amide bonds. The van der Waals surface area contributed by atoms with Crippen molar-refractivity contribution in [3.8, 4) is 0 Å². The Hall–Kier alpha value is -2.49. The van der Waals surface area contributed by atoms with Crippen LogP contribution in [0.4, 0.5) is 13.2 Å². The van der Waals surface area contributed by atoms with Gasteiger partial charge in [-0.15, -0.1) is 0 Å². The van der Waals surface area contributed by atoms with Crippen molar-refractivity contribution < 1.29 is 13.2 Å². The standard InChI is InChI=1S/C13H12F3N5O2/c14-13(15,16)11-17-3-7-5-21(2-1-9(7)19-11)6-8-4-18-12(23)20-10(8)22/h3-4H,1-2,5-6H2,(H2,18,20,22,23). The van der Waals surface area contributed by atoms with Gasteiger partial charge in [-0.25, -0.2) is 14.8 Å². The number of H-pyrrole nitrogens is 2. The number of halogens is 3. The molecule has 0 bridgehead atoms. The number of hydrogen-bond acceptors (Lipinski definition) is 5. The molecule has 0 spiro atoms. The maximum atomic E-state index is 12.6. The smallest absolute Gasteiger partial charge is 0.314 e. The summed E-state index contributed by atoms with van der Waals surface area (Å²) >= 11 is 0. The number of rotatable bonds is 2. The molecule has 122 valence electrons. The molecule has 0 radical (unpaired) electrons. The molecule has 0 saturated heterocycles. The summed E-state index contributed by atoms with van der Waals surface area (Å²) in [6.07, 6.45) is -1.72. The van der Waals surface area contributed by atoms with E-state index in [1.165, 1.54) is 12.4 Å². The second-order valence-electron chi connectivity index (χ2n) is 5.22. The number of nitrogens with one attached hydrogen (secondary N) is 2. The molecule has 2 aromatic rings. The molecule has 10 heteroatoms. The van der Waals surface area contributed by atoms with Gasteiger partial charge in [0, 0.05) is 49.6 Å². The normalized spacial score (nSPS) is 15.4.